The third-order valence-electron chi connectivity index (χ3n) is 4.23. The molecule has 0 aromatic heterocycles. The number of hydrogen-bond acceptors (Lipinski definition) is 3. The van der Waals surface area contributed by atoms with E-state index < -0.39 is 0 Å². The molecule has 3 heteroatoms. The van der Waals surface area contributed by atoms with Gasteiger partial charge >= 0.3 is 0 Å². The Morgan fingerprint density at radius 1 is 1.18 bits per heavy atom. The lowest BCUT2D eigenvalue weighted by Crippen LogP contribution is -2.41. The first kappa shape index (κ1) is 14.9. The Hall–Kier alpha value is -0.120. The Balaban J connectivity index is 2.34. The van der Waals surface area contributed by atoms with E-state index in [1.54, 1.807) is 0 Å². The van der Waals surface area contributed by atoms with Crippen LogP contribution in [0, 0.1) is 11.3 Å². The first-order valence-electron chi connectivity index (χ1n) is 7.00. The van der Waals surface area contributed by atoms with E-state index in [-0.39, 0.29) is 0 Å². The number of nitrogens with zero attached hydrogens (tertiary/aromatic N) is 2. The molecule has 0 aromatic rings. The minimum Gasteiger partial charge on any atom is -0.316 e. The van der Waals surface area contributed by atoms with Crippen LogP contribution in [0.1, 0.15) is 26.7 Å². The summed E-state index contributed by atoms with van der Waals surface area (Å²) >= 11 is 0. The molecular formula is C14H31N3. The molecule has 0 aliphatic carbocycles. The van der Waals surface area contributed by atoms with Gasteiger partial charge in [0.05, 0.1) is 0 Å². The zero-order valence-electron chi connectivity index (χ0n) is 12.4. The van der Waals surface area contributed by atoms with Gasteiger partial charge in [-0.05, 0) is 65.0 Å². The number of hydrogen-bond donors (Lipinski definition) is 1. The van der Waals surface area contributed by atoms with Gasteiger partial charge < -0.3 is 15.1 Å². The average Bonchev–Trinajstić information content (AvgIpc) is 2.66. The van der Waals surface area contributed by atoms with Crippen LogP contribution in [0.25, 0.3) is 0 Å². The Bertz CT molecular complexity index is 208. The fourth-order valence-corrected chi connectivity index (χ4v) is 2.85. The molecule has 1 rings (SSSR count). The van der Waals surface area contributed by atoms with E-state index in [2.05, 4.69) is 50.1 Å². The van der Waals surface area contributed by atoms with E-state index in [4.69, 9.17) is 0 Å². The summed E-state index contributed by atoms with van der Waals surface area (Å²) in [5.41, 5.74) is 0.507. The molecule has 0 saturated carbocycles. The lowest BCUT2D eigenvalue weighted by molar-refractivity contribution is 0.133. The summed E-state index contributed by atoms with van der Waals surface area (Å²) in [6.45, 7) is 10.8. The third-order valence-corrected chi connectivity index (χ3v) is 4.23. The standard InChI is InChI=1S/C14H31N3/c1-13(2)14(7-8-15-11-14)12-17(5)10-6-9-16(3)4/h13,15H,6-12H2,1-5H3. The topological polar surface area (TPSA) is 18.5 Å². The van der Waals surface area contributed by atoms with Crippen molar-refractivity contribution in [2.75, 3.05) is 53.9 Å². The second-order valence-corrected chi connectivity index (χ2v) is 6.34. The maximum Gasteiger partial charge on any atom is 0.00500 e. The van der Waals surface area contributed by atoms with Gasteiger partial charge in [0.15, 0.2) is 0 Å². The van der Waals surface area contributed by atoms with Crippen molar-refractivity contribution in [2.24, 2.45) is 11.3 Å². The summed E-state index contributed by atoms with van der Waals surface area (Å²) < 4.78 is 0. The molecule has 0 spiro atoms. The van der Waals surface area contributed by atoms with Gasteiger partial charge in [-0.1, -0.05) is 13.8 Å². The molecular weight excluding hydrogens is 210 g/mol. The van der Waals surface area contributed by atoms with E-state index >= 15 is 0 Å². The number of nitrogens with one attached hydrogen (secondary N) is 1. The molecule has 1 heterocycles. The van der Waals surface area contributed by atoms with Gasteiger partial charge in [0.1, 0.15) is 0 Å². The summed E-state index contributed by atoms with van der Waals surface area (Å²) in [5, 5.41) is 3.54. The SMILES string of the molecule is CC(C)C1(CN(C)CCCN(C)C)CCNC1. The van der Waals surface area contributed by atoms with Gasteiger partial charge in [-0.3, -0.25) is 0 Å². The molecule has 1 aliphatic rings. The summed E-state index contributed by atoms with van der Waals surface area (Å²) in [7, 11) is 6.57. The molecule has 102 valence electrons. The van der Waals surface area contributed by atoms with Crippen LogP contribution in [0.5, 0.6) is 0 Å². The molecule has 3 nitrogen and oxygen atoms in total. The minimum atomic E-state index is 0.507. The molecule has 0 aromatic carbocycles. The van der Waals surface area contributed by atoms with Crippen molar-refractivity contribution in [1.29, 1.82) is 0 Å². The molecule has 1 atom stereocenters. The Morgan fingerprint density at radius 2 is 1.88 bits per heavy atom. The highest BCUT2D eigenvalue weighted by molar-refractivity contribution is 4.92. The second kappa shape index (κ2) is 6.72. The van der Waals surface area contributed by atoms with Crippen LogP contribution in [0.3, 0.4) is 0 Å². The van der Waals surface area contributed by atoms with Crippen LogP contribution in [-0.4, -0.2) is 63.7 Å². The average molecular weight is 241 g/mol. The molecule has 1 fully saturated rings. The maximum absolute atomic E-state index is 3.54. The van der Waals surface area contributed by atoms with E-state index in [9.17, 15) is 0 Å². The quantitative estimate of drug-likeness (QED) is 0.729. The Kier molecular flexibility index (Phi) is 5.90. The first-order valence-corrected chi connectivity index (χ1v) is 7.00. The number of rotatable bonds is 7. The van der Waals surface area contributed by atoms with Crippen LogP contribution < -0.4 is 5.32 Å². The highest BCUT2D eigenvalue weighted by Gasteiger charge is 2.37. The second-order valence-electron chi connectivity index (χ2n) is 6.34. The van der Waals surface area contributed by atoms with Gasteiger partial charge in [-0.15, -0.1) is 0 Å². The zero-order valence-corrected chi connectivity index (χ0v) is 12.4. The fourth-order valence-electron chi connectivity index (χ4n) is 2.85. The van der Waals surface area contributed by atoms with Crippen LogP contribution >= 0.6 is 0 Å². The fraction of sp³-hybridized carbons (Fsp3) is 1.00. The van der Waals surface area contributed by atoms with Crippen LogP contribution in [0.15, 0.2) is 0 Å². The van der Waals surface area contributed by atoms with Crippen molar-refractivity contribution in [2.45, 2.75) is 26.7 Å². The third kappa shape index (κ3) is 4.57. The molecule has 0 radical (unpaired) electrons. The van der Waals surface area contributed by atoms with Crippen LogP contribution in [-0.2, 0) is 0 Å². The van der Waals surface area contributed by atoms with Crippen molar-refractivity contribution in [1.82, 2.24) is 15.1 Å². The van der Waals surface area contributed by atoms with Crippen molar-refractivity contribution in [3.05, 3.63) is 0 Å². The first-order chi connectivity index (χ1) is 7.96. The molecule has 1 saturated heterocycles. The summed E-state index contributed by atoms with van der Waals surface area (Å²) in [6.07, 6.45) is 2.60. The highest BCUT2D eigenvalue weighted by Crippen LogP contribution is 2.34. The predicted molar refractivity (Wildman–Crippen MR) is 75.4 cm³/mol. The van der Waals surface area contributed by atoms with Crippen molar-refractivity contribution < 1.29 is 0 Å². The summed E-state index contributed by atoms with van der Waals surface area (Å²) in [4.78, 5) is 4.79. The summed E-state index contributed by atoms with van der Waals surface area (Å²) in [6, 6.07) is 0. The van der Waals surface area contributed by atoms with Crippen molar-refractivity contribution in [3.8, 4) is 0 Å². The van der Waals surface area contributed by atoms with Gasteiger partial charge in [0.25, 0.3) is 0 Å². The molecule has 1 aliphatic heterocycles. The monoisotopic (exact) mass is 241 g/mol. The molecule has 17 heavy (non-hydrogen) atoms. The normalized spacial score (nSPS) is 25.4. The molecule has 1 N–H and O–H groups in total. The van der Waals surface area contributed by atoms with Crippen LogP contribution in [0.4, 0.5) is 0 Å². The summed E-state index contributed by atoms with van der Waals surface area (Å²) in [5.74, 6) is 0.772. The van der Waals surface area contributed by atoms with Crippen LogP contribution in [0.2, 0.25) is 0 Å². The lowest BCUT2D eigenvalue weighted by atomic mass is 9.76. The van der Waals surface area contributed by atoms with Gasteiger partial charge in [-0.25, -0.2) is 0 Å². The lowest BCUT2D eigenvalue weighted by Gasteiger charge is -2.36. The van der Waals surface area contributed by atoms with E-state index in [1.165, 1.54) is 45.6 Å². The zero-order chi connectivity index (χ0) is 12.9. The van der Waals surface area contributed by atoms with Crippen molar-refractivity contribution >= 4 is 0 Å². The molecule has 0 amide bonds. The predicted octanol–water partition coefficient (Wildman–Crippen LogP) is 1.51. The van der Waals surface area contributed by atoms with Gasteiger partial charge in [0.2, 0.25) is 0 Å². The Morgan fingerprint density at radius 3 is 2.35 bits per heavy atom. The smallest absolute Gasteiger partial charge is 0.00500 e. The van der Waals surface area contributed by atoms with Crippen molar-refractivity contribution in [3.63, 3.8) is 0 Å². The van der Waals surface area contributed by atoms with E-state index in [0.29, 0.717) is 5.41 Å². The maximum atomic E-state index is 3.54. The van der Waals surface area contributed by atoms with Gasteiger partial charge in [0, 0.05) is 13.1 Å². The Labute approximate surface area is 108 Å². The van der Waals surface area contributed by atoms with E-state index in [1.807, 2.05) is 0 Å². The minimum absolute atomic E-state index is 0.507. The molecule has 0 bridgehead atoms. The highest BCUT2D eigenvalue weighted by atomic mass is 15.1. The molecule has 1 unspecified atom stereocenters. The van der Waals surface area contributed by atoms with Gasteiger partial charge in [-0.2, -0.15) is 0 Å². The van der Waals surface area contributed by atoms with E-state index in [0.717, 1.165) is 5.92 Å². The largest absolute Gasteiger partial charge is 0.316 e.